The Morgan fingerprint density at radius 1 is 1.25 bits per heavy atom. The van der Waals surface area contributed by atoms with E-state index < -0.39 is 10.0 Å². The predicted molar refractivity (Wildman–Crippen MR) is 88.9 cm³/mol. The molecule has 2 heterocycles. The third-order valence-corrected chi connectivity index (χ3v) is 5.16. The van der Waals surface area contributed by atoms with E-state index >= 15 is 0 Å². The number of aromatic nitrogens is 3. The standard InChI is InChI=1S/C16H18N4O3S/c1-11-5-6-12(2)14(10-11)24(21,22)17-8-7-15-18-16(20-19-15)13-4-3-9-23-13/h3-6,9-10,17H,7-8H2,1-2H3,(H,18,19,20). The van der Waals surface area contributed by atoms with Crippen molar-refractivity contribution in [3.63, 3.8) is 0 Å². The Kier molecular flexibility index (Phi) is 4.50. The molecule has 3 aromatic rings. The molecule has 3 rings (SSSR count). The number of aromatic amines is 1. The number of furan rings is 1. The highest BCUT2D eigenvalue weighted by atomic mass is 32.2. The Labute approximate surface area is 140 Å². The van der Waals surface area contributed by atoms with Crippen molar-refractivity contribution in [1.29, 1.82) is 0 Å². The van der Waals surface area contributed by atoms with Crippen LogP contribution in [0.2, 0.25) is 0 Å². The van der Waals surface area contributed by atoms with E-state index in [4.69, 9.17) is 4.42 Å². The first kappa shape index (κ1) is 16.4. The lowest BCUT2D eigenvalue weighted by Gasteiger charge is -2.09. The zero-order valence-corrected chi connectivity index (χ0v) is 14.2. The van der Waals surface area contributed by atoms with E-state index in [1.54, 1.807) is 37.5 Å². The third kappa shape index (κ3) is 3.55. The van der Waals surface area contributed by atoms with Crippen molar-refractivity contribution in [2.75, 3.05) is 6.54 Å². The molecule has 0 amide bonds. The lowest BCUT2D eigenvalue weighted by Crippen LogP contribution is -2.27. The molecule has 1 aromatic carbocycles. The van der Waals surface area contributed by atoms with Crippen molar-refractivity contribution in [3.05, 3.63) is 53.5 Å². The number of sulfonamides is 1. The third-order valence-electron chi connectivity index (χ3n) is 3.56. The minimum Gasteiger partial charge on any atom is -0.461 e. The molecule has 0 atom stereocenters. The molecule has 0 spiro atoms. The van der Waals surface area contributed by atoms with E-state index in [-0.39, 0.29) is 6.54 Å². The van der Waals surface area contributed by atoms with Crippen LogP contribution in [0.4, 0.5) is 0 Å². The van der Waals surface area contributed by atoms with Gasteiger partial charge in [-0.05, 0) is 43.2 Å². The molecule has 2 N–H and O–H groups in total. The summed E-state index contributed by atoms with van der Waals surface area (Å²) in [6, 6.07) is 8.87. The molecule has 0 saturated carbocycles. The average molecular weight is 346 g/mol. The molecule has 0 aliphatic heterocycles. The van der Waals surface area contributed by atoms with Gasteiger partial charge in [-0.15, -0.1) is 0 Å². The molecule has 8 heteroatoms. The Morgan fingerprint density at radius 2 is 2.08 bits per heavy atom. The molecule has 0 unspecified atom stereocenters. The molecule has 0 bridgehead atoms. The van der Waals surface area contributed by atoms with Gasteiger partial charge in [-0.1, -0.05) is 12.1 Å². The van der Waals surface area contributed by atoms with Gasteiger partial charge in [0.15, 0.2) is 5.76 Å². The van der Waals surface area contributed by atoms with Crippen LogP contribution < -0.4 is 4.72 Å². The van der Waals surface area contributed by atoms with E-state index in [2.05, 4.69) is 19.9 Å². The molecule has 0 fully saturated rings. The maximum absolute atomic E-state index is 12.4. The van der Waals surface area contributed by atoms with Crippen molar-refractivity contribution < 1.29 is 12.8 Å². The van der Waals surface area contributed by atoms with Gasteiger partial charge in [0, 0.05) is 13.0 Å². The molecule has 7 nitrogen and oxygen atoms in total. The summed E-state index contributed by atoms with van der Waals surface area (Å²) in [5, 5.41) is 6.84. The Morgan fingerprint density at radius 3 is 2.83 bits per heavy atom. The van der Waals surface area contributed by atoms with Gasteiger partial charge in [-0.25, -0.2) is 18.1 Å². The second-order valence-corrected chi connectivity index (χ2v) is 7.24. The highest BCUT2D eigenvalue weighted by Gasteiger charge is 2.17. The molecular weight excluding hydrogens is 328 g/mol. The molecule has 0 aliphatic carbocycles. The van der Waals surface area contributed by atoms with Gasteiger partial charge in [-0.2, -0.15) is 5.10 Å². The number of benzene rings is 1. The van der Waals surface area contributed by atoms with Crippen LogP contribution in [0.5, 0.6) is 0 Å². The fourth-order valence-electron chi connectivity index (χ4n) is 2.30. The summed E-state index contributed by atoms with van der Waals surface area (Å²) >= 11 is 0. The van der Waals surface area contributed by atoms with Crippen molar-refractivity contribution in [2.45, 2.75) is 25.2 Å². The first-order valence-corrected chi connectivity index (χ1v) is 8.96. The van der Waals surface area contributed by atoms with Crippen LogP contribution in [0.25, 0.3) is 11.6 Å². The van der Waals surface area contributed by atoms with Crippen LogP contribution in [0.3, 0.4) is 0 Å². The first-order valence-electron chi connectivity index (χ1n) is 7.48. The summed E-state index contributed by atoms with van der Waals surface area (Å²) < 4.78 is 32.6. The number of aryl methyl sites for hydroxylation is 2. The van der Waals surface area contributed by atoms with Crippen molar-refractivity contribution >= 4 is 10.0 Å². The van der Waals surface area contributed by atoms with Gasteiger partial charge in [0.1, 0.15) is 5.82 Å². The zero-order valence-electron chi connectivity index (χ0n) is 13.4. The molecular formula is C16H18N4O3S. The molecule has 2 aromatic heterocycles. The summed E-state index contributed by atoms with van der Waals surface area (Å²) in [6.45, 7) is 3.87. The second-order valence-electron chi connectivity index (χ2n) is 5.50. The zero-order chi connectivity index (χ0) is 17.2. The van der Waals surface area contributed by atoms with Gasteiger partial charge in [0.25, 0.3) is 0 Å². The normalized spacial score (nSPS) is 11.8. The Balaban J connectivity index is 1.64. The van der Waals surface area contributed by atoms with Crippen LogP contribution >= 0.6 is 0 Å². The summed E-state index contributed by atoms with van der Waals surface area (Å²) in [6.07, 6.45) is 1.95. The fourth-order valence-corrected chi connectivity index (χ4v) is 3.66. The number of hydrogen-bond donors (Lipinski definition) is 2. The second kappa shape index (κ2) is 6.58. The lowest BCUT2D eigenvalue weighted by atomic mass is 10.2. The van der Waals surface area contributed by atoms with Crippen LogP contribution in [0, 0.1) is 13.8 Å². The molecule has 24 heavy (non-hydrogen) atoms. The summed E-state index contributed by atoms with van der Waals surface area (Å²) in [7, 11) is -3.55. The molecule has 0 aliphatic rings. The number of hydrogen-bond acceptors (Lipinski definition) is 5. The van der Waals surface area contributed by atoms with Gasteiger partial charge in [-0.3, -0.25) is 5.10 Å². The highest BCUT2D eigenvalue weighted by molar-refractivity contribution is 7.89. The van der Waals surface area contributed by atoms with E-state index in [9.17, 15) is 8.42 Å². The van der Waals surface area contributed by atoms with Crippen LogP contribution in [0.1, 0.15) is 17.0 Å². The van der Waals surface area contributed by atoms with Crippen LogP contribution in [-0.4, -0.2) is 30.1 Å². The van der Waals surface area contributed by atoms with E-state index in [0.717, 1.165) is 5.56 Å². The first-order chi connectivity index (χ1) is 11.5. The maximum Gasteiger partial charge on any atom is 0.240 e. The molecule has 126 valence electrons. The van der Waals surface area contributed by atoms with E-state index in [1.807, 2.05) is 13.0 Å². The summed E-state index contributed by atoms with van der Waals surface area (Å²) in [5.41, 5.74) is 1.62. The van der Waals surface area contributed by atoms with Crippen molar-refractivity contribution in [1.82, 2.24) is 19.9 Å². The van der Waals surface area contributed by atoms with Crippen LogP contribution in [-0.2, 0) is 16.4 Å². The monoisotopic (exact) mass is 346 g/mol. The maximum atomic E-state index is 12.4. The quantitative estimate of drug-likeness (QED) is 0.712. The lowest BCUT2D eigenvalue weighted by molar-refractivity contribution is 0.577. The summed E-state index contributed by atoms with van der Waals surface area (Å²) in [5.74, 6) is 1.60. The molecule has 0 saturated heterocycles. The topological polar surface area (TPSA) is 101 Å². The minimum atomic E-state index is -3.55. The Hall–Kier alpha value is -2.45. The number of rotatable bonds is 6. The van der Waals surface area contributed by atoms with E-state index in [0.29, 0.717) is 34.3 Å². The number of nitrogens with one attached hydrogen (secondary N) is 2. The van der Waals surface area contributed by atoms with E-state index in [1.165, 1.54) is 0 Å². The van der Waals surface area contributed by atoms with Gasteiger partial charge >= 0.3 is 0 Å². The fraction of sp³-hybridized carbons (Fsp3) is 0.250. The number of nitrogens with zero attached hydrogens (tertiary/aromatic N) is 2. The number of H-pyrrole nitrogens is 1. The van der Waals surface area contributed by atoms with Crippen molar-refractivity contribution in [3.8, 4) is 11.6 Å². The smallest absolute Gasteiger partial charge is 0.240 e. The SMILES string of the molecule is Cc1ccc(C)c(S(=O)(=O)NCCc2nc(-c3ccco3)n[nH]2)c1. The summed E-state index contributed by atoms with van der Waals surface area (Å²) in [4.78, 5) is 4.58. The van der Waals surface area contributed by atoms with Gasteiger partial charge in [0.05, 0.1) is 11.2 Å². The molecule has 0 radical (unpaired) electrons. The predicted octanol–water partition coefficient (Wildman–Crippen LogP) is 2.20. The van der Waals surface area contributed by atoms with Crippen LogP contribution in [0.15, 0.2) is 45.9 Å². The largest absolute Gasteiger partial charge is 0.461 e. The Bertz CT molecular complexity index is 930. The van der Waals surface area contributed by atoms with Gasteiger partial charge < -0.3 is 4.42 Å². The van der Waals surface area contributed by atoms with Gasteiger partial charge in [0.2, 0.25) is 15.8 Å². The average Bonchev–Trinajstić information content (AvgIpc) is 3.20. The highest BCUT2D eigenvalue weighted by Crippen LogP contribution is 2.17. The van der Waals surface area contributed by atoms with Crippen molar-refractivity contribution in [2.24, 2.45) is 0 Å². The minimum absolute atomic E-state index is 0.225.